The number of nitrogens with zero attached hydrogens (tertiary/aromatic N) is 3. The maximum Gasteiger partial charge on any atom is 0.257 e. The second-order valence-electron chi connectivity index (χ2n) is 4.92. The van der Waals surface area contributed by atoms with E-state index >= 15 is 0 Å². The first kappa shape index (κ1) is 13.2. The van der Waals surface area contributed by atoms with Crippen LogP contribution in [0.4, 0.5) is 0 Å². The fraction of sp³-hybridized carbons (Fsp3) is 0.400. The van der Waals surface area contributed by atoms with Gasteiger partial charge in [-0.05, 0) is 37.1 Å². The van der Waals surface area contributed by atoms with Gasteiger partial charge in [0.1, 0.15) is 0 Å². The normalized spacial score (nSPS) is 15.3. The highest BCUT2D eigenvalue weighted by atomic mass is 32.2. The van der Waals surface area contributed by atoms with Crippen molar-refractivity contribution in [3.05, 3.63) is 35.7 Å². The number of rotatable bonds is 4. The summed E-state index contributed by atoms with van der Waals surface area (Å²) in [5.41, 5.74) is 1.49. The van der Waals surface area contributed by atoms with E-state index in [1.54, 1.807) is 12.1 Å². The molecule has 0 bridgehead atoms. The van der Waals surface area contributed by atoms with Gasteiger partial charge in [0.05, 0.1) is 17.4 Å². The Hall–Kier alpha value is -1.80. The Morgan fingerprint density at radius 1 is 1.25 bits per heavy atom. The van der Waals surface area contributed by atoms with Crippen molar-refractivity contribution in [2.24, 2.45) is 0 Å². The van der Waals surface area contributed by atoms with Gasteiger partial charge in [-0.2, -0.15) is 22.0 Å². The number of thioether (sulfide) groups is 1. The minimum Gasteiger partial charge on any atom is -0.334 e. The summed E-state index contributed by atoms with van der Waals surface area (Å²) in [4.78, 5) is 4.42. The Labute approximate surface area is 122 Å². The maximum absolute atomic E-state index is 8.77. The lowest BCUT2D eigenvalue weighted by molar-refractivity contribution is 0.425. The van der Waals surface area contributed by atoms with Crippen molar-refractivity contribution in [1.29, 1.82) is 5.26 Å². The van der Waals surface area contributed by atoms with Gasteiger partial charge in [0.2, 0.25) is 0 Å². The molecule has 1 aliphatic rings. The predicted octanol–water partition coefficient (Wildman–Crippen LogP) is 3.78. The van der Waals surface area contributed by atoms with Crippen LogP contribution in [0.15, 0.2) is 28.8 Å². The number of benzene rings is 1. The first-order valence-corrected chi connectivity index (χ1v) is 7.85. The lowest BCUT2D eigenvalue weighted by Crippen LogP contribution is -1.95. The van der Waals surface area contributed by atoms with E-state index in [0.29, 0.717) is 11.5 Å². The molecule has 4 nitrogen and oxygen atoms in total. The zero-order valence-electron chi connectivity index (χ0n) is 11.1. The Morgan fingerprint density at radius 2 is 2.00 bits per heavy atom. The summed E-state index contributed by atoms with van der Waals surface area (Å²) in [6.45, 7) is 0. The number of hydrogen-bond acceptors (Lipinski definition) is 5. The van der Waals surface area contributed by atoms with Crippen LogP contribution in [0.1, 0.15) is 37.1 Å². The molecule has 5 heteroatoms. The van der Waals surface area contributed by atoms with Crippen LogP contribution in [0.2, 0.25) is 0 Å². The molecule has 0 aliphatic heterocycles. The summed E-state index contributed by atoms with van der Waals surface area (Å²) in [6, 6.07) is 9.27. The Bertz CT molecular complexity index is 609. The molecule has 0 unspecified atom stereocenters. The van der Waals surface area contributed by atoms with Crippen molar-refractivity contribution < 1.29 is 4.52 Å². The van der Waals surface area contributed by atoms with Crippen molar-refractivity contribution in [3.8, 4) is 17.5 Å². The van der Waals surface area contributed by atoms with Gasteiger partial charge in [-0.15, -0.1) is 0 Å². The van der Waals surface area contributed by atoms with E-state index < -0.39 is 0 Å². The molecule has 102 valence electrons. The van der Waals surface area contributed by atoms with Gasteiger partial charge in [-0.3, -0.25) is 0 Å². The second kappa shape index (κ2) is 6.10. The molecular formula is C15H15N3OS. The van der Waals surface area contributed by atoms with Gasteiger partial charge < -0.3 is 4.52 Å². The molecule has 1 saturated carbocycles. The number of aromatic nitrogens is 2. The quantitative estimate of drug-likeness (QED) is 0.855. The second-order valence-corrected chi connectivity index (χ2v) is 6.21. The van der Waals surface area contributed by atoms with Crippen molar-refractivity contribution >= 4 is 11.8 Å². The highest BCUT2D eigenvalue weighted by molar-refractivity contribution is 7.99. The molecular weight excluding hydrogens is 270 g/mol. The highest BCUT2D eigenvalue weighted by Gasteiger charge is 2.17. The van der Waals surface area contributed by atoms with Gasteiger partial charge >= 0.3 is 0 Å². The van der Waals surface area contributed by atoms with Gasteiger partial charge in [0.15, 0.2) is 5.82 Å². The zero-order valence-corrected chi connectivity index (χ0v) is 11.9. The van der Waals surface area contributed by atoms with Crippen LogP contribution in [-0.2, 0) is 5.75 Å². The first-order valence-electron chi connectivity index (χ1n) is 6.80. The molecule has 1 aromatic heterocycles. The van der Waals surface area contributed by atoms with Crippen molar-refractivity contribution in [2.45, 2.75) is 36.7 Å². The van der Waals surface area contributed by atoms with Crippen molar-refractivity contribution in [1.82, 2.24) is 10.1 Å². The summed E-state index contributed by atoms with van der Waals surface area (Å²) in [5.74, 6) is 2.09. The van der Waals surface area contributed by atoms with E-state index in [4.69, 9.17) is 9.78 Å². The third-order valence-electron chi connectivity index (χ3n) is 3.48. The topological polar surface area (TPSA) is 62.7 Å². The van der Waals surface area contributed by atoms with Gasteiger partial charge in [-0.25, -0.2) is 0 Å². The average molecular weight is 285 g/mol. The molecule has 3 rings (SSSR count). The Morgan fingerprint density at radius 3 is 2.70 bits per heavy atom. The molecule has 1 aliphatic carbocycles. The summed E-state index contributed by atoms with van der Waals surface area (Å²) in [6.07, 6.45) is 5.32. The van der Waals surface area contributed by atoms with E-state index in [-0.39, 0.29) is 0 Å². The largest absolute Gasteiger partial charge is 0.334 e. The third-order valence-corrected chi connectivity index (χ3v) is 4.85. The molecule has 0 amide bonds. The third kappa shape index (κ3) is 3.02. The molecule has 0 spiro atoms. The minimum atomic E-state index is 0.525. The van der Waals surface area contributed by atoms with Crippen LogP contribution in [-0.4, -0.2) is 15.4 Å². The first-order chi connectivity index (χ1) is 9.85. The summed E-state index contributed by atoms with van der Waals surface area (Å²) in [5, 5.41) is 13.6. The summed E-state index contributed by atoms with van der Waals surface area (Å²) in [7, 11) is 0. The fourth-order valence-electron chi connectivity index (χ4n) is 2.36. The highest BCUT2D eigenvalue weighted by Crippen LogP contribution is 2.31. The molecule has 0 N–H and O–H groups in total. The lowest BCUT2D eigenvalue weighted by atomic mass is 10.1. The van der Waals surface area contributed by atoms with Crippen LogP contribution in [0, 0.1) is 11.3 Å². The van der Waals surface area contributed by atoms with E-state index in [2.05, 4.69) is 16.2 Å². The fourth-order valence-corrected chi connectivity index (χ4v) is 3.53. The molecule has 1 heterocycles. The van der Waals surface area contributed by atoms with Crippen LogP contribution < -0.4 is 0 Å². The SMILES string of the molecule is N#Cc1ccc(-c2nc(CSC3CCCC3)no2)cc1. The van der Waals surface area contributed by atoms with E-state index in [1.807, 2.05) is 23.9 Å². The van der Waals surface area contributed by atoms with E-state index in [9.17, 15) is 0 Å². The van der Waals surface area contributed by atoms with Gasteiger partial charge in [0, 0.05) is 10.8 Å². The van der Waals surface area contributed by atoms with Gasteiger partial charge in [0.25, 0.3) is 5.89 Å². The molecule has 0 atom stereocenters. The van der Waals surface area contributed by atoms with Crippen molar-refractivity contribution in [2.75, 3.05) is 0 Å². The molecule has 1 aromatic carbocycles. The molecule has 20 heavy (non-hydrogen) atoms. The van der Waals surface area contributed by atoms with Crippen LogP contribution in [0.3, 0.4) is 0 Å². The number of nitriles is 1. The molecule has 0 saturated heterocycles. The average Bonchev–Trinajstić information content (AvgIpc) is 3.17. The maximum atomic E-state index is 8.77. The Kier molecular flexibility index (Phi) is 4.03. The van der Waals surface area contributed by atoms with Crippen LogP contribution >= 0.6 is 11.8 Å². The predicted molar refractivity (Wildman–Crippen MR) is 78.0 cm³/mol. The standard InChI is InChI=1S/C15H15N3OS/c16-9-11-5-7-12(8-6-11)15-17-14(18-19-15)10-20-13-3-1-2-4-13/h5-8,13H,1-4,10H2. The minimum absolute atomic E-state index is 0.525. The molecule has 2 aromatic rings. The van der Waals surface area contributed by atoms with Gasteiger partial charge in [-0.1, -0.05) is 18.0 Å². The monoisotopic (exact) mass is 285 g/mol. The summed E-state index contributed by atoms with van der Waals surface area (Å²) < 4.78 is 5.28. The summed E-state index contributed by atoms with van der Waals surface area (Å²) >= 11 is 1.92. The molecule has 0 radical (unpaired) electrons. The van der Waals surface area contributed by atoms with E-state index in [0.717, 1.165) is 22.4 Å². The lowest BCUT2D eigenvalue weighted by Gasteiger charge is -2.04. The van der Waals surface area contributed by atoms with Crippen LogP contribution in [0.25, 0.3) is 11.5 Å². The van der Waals surface area contributed by atoms with Crippen molar-refractivity contribution in [3.63, 3.8) is 0 Å². The zero-order chi connectivity index (χ0) is 13.8. The van der Waals surface area contributed by atoms with Crippen LogP contribution in [0.5, 0.6) is 0 Å². The smallest absolute Gasteiger partial charge is 0.257 e. The Balaban J connectivity index is 1.64. The van der Waals surface area contributed by atoms with E-state index in [1.165, 1.54) is 25.7 Å². The number of hydrogen-bond donors (Lipinski definition) is 0. The molecule has 1 fully saturated rings.